The molecule has 0 heterocycles. The summed E-state index contributed by atoms with van der Waals surface area (Å²) in [7, 11) is -7.18. The Bertz CT molecular complexity index is 1510. The third-order valence-electron chi connectivity index (χ3n) is 5.11. The smallest absolute Gasteiger partial charge is 0.229 e. The molecule has 6 nitrogen and oxygen atoms in total. The highest BCUT2D eigenvalue weighted by Gasteiger charge is 2.16. The predicted molar refractivity (Wildman–Crippen MR) is 126 cm³/mol. The number of fused-ring (bicyclic) bond motifs is 2. The van der Waals surface area contributed by atoms with Crippen LogP contribution < -0.4 is 9.86 Å². The molecule has 0 bridgehead atoms. The first-order valence-electron chi connectivity index (χ1n) is 9.58. The van der Waals surface area contributed by atoms with Gasteiger partial charge in [0.05, 0.1) is 12.0 Å². The van der Waals surface area contributed by atoms with Gasteiger partial charge in [0.15, 0.2) is 0 Å². The lowest BCUT2D eigenvalue weighted by Gasteiger charge is -2.16. The number of sulfonamides is 2. The molecule has 0 aliphatic carbocycles. The van der Waals surface area contributed by atoms with Crippen molar-refractivity contribution in [1.29, 1.82) is 0 Å². The van der Waals surface area contributed by atoms with E-state index in [0.29, 0.717) is 17.7 Å². The zero-order valence-corrected chi connectivity index (χ0v) is 18.5. The van der Waals surface area contributed by atoms with Gasteiger partial charge in [-0.05, 0) is 56.8 Å². The summed E-state index contributed by atoms with van der Waals surface area (Å²) in [5.41, 5.74) is 2.83. The molecule has 0 aromatic heterocycles. The van der Waals surface area contributed by atoms with Crippen LogP contribution in [0.4, 0.5) is 5.69 Å². The van der Waals surface area contributed by atoms with Gasteiger partial charge >= 0.3 is 0 Å². The normalized spacial score (nSPS) is 12.3. The van der Waals surface area contributed by atoms with Gasteiger partial charge in [0, 0.05) is 5.69 Å². The molecule has 0 radical (unpaired) electrons. The van der Waals surface area contributed by atoms with Gasteiger partial charge in [-0.1, -0.05) is 60.7 Å². The maximum Gasteiger partial charge on any atom is 0.229 e. The van der Waals surface area contributed by atoms with Gasteiger partial charge < -0.3 is 0 Å². The number of hydrogen-bond acceptors (Lipinski definition) is 4. The van der Waals surface area contributed by atoms with Gasteiger partial charge in [0.25, 0.3) is 0 Å². The summed E-state index contributed by atoms with van der Waals surface area (Å²) < 4.78 is 49.9. The van der Waals surface area contributed by atoms with Crippen LogP contribution in [0.5, 0.6) is 0 Å². The fraction of sp³-hybridized carbons (Fsp3) is 0.130. The fourth-order valence-corrected chi connectivity index (χ4v) is 5.19. The maximum absolute atomic E-state index is 11.9. The number of hydrogen-bond donors (Lipinski definition) is 2. The number of primary sulfonamides is 1. The number of nitrogens with two attached hydrogens (primary N) is 1. The van der Waals surface area contributed by atoms with Crippen molar-refractivity contribution in [3.8, 4) is 0 Å². The number of nitrogens with one attached hydrogen (secondary N) is 1. The topological polar surface area (TPSA) is 106 Å². The highest BCUT2D eigenvalue weighted by atomic mass is 32.2. The molecule has 0 saturated carbocycles. The van der Waals surface area contributed by atoms with Gasteiger partial charge in [-0.15, -0.1) is 0 Å². The Kier molecular flexibility index (Phi) is 5.47. The summed E-state index contributed by atoms with van der Waals surface area (Å²) >= 11 is 0. The summed E-state index contributed by atoms with van der Waals surface area (Å²) in [5.74, 6) is -0.271. The molecule has 160 valence electrons. The van der Waals surface area contributed by atoms with E-state index in [1.807, 2.05) is 54.6 Å². The van der Waals surface area contributed by atoms with Crippen LogP contribution in [-0.4, -0.2) is 23.1 Å². The number of benzene rings is 4. The van der Waals surface area contributed by atoms with E-state index in [2.05, 4.69) is 4.72 Å². The van der Waals surface area contributed by atoms with Gasteiger partial charge in [0.1, 0.15) is 0 Å². The van der Waals surface area contributed by atoms with Crippen molar-refractivity contribution in [3.05, 3.63) is 89.5 Å². The van der Waals surface area contributed by atoms with Crippen molar-refractivity contribution in [2.75, 3.05) is 11.0 Å². The van der Waals surface area contributed by atoms with Gasteiger partial charge in [-0.3, -0.25) is 4.72 Å². The Morgan fingerprint density at radius 3 is 2.10 bits per heavy atom. The molecule has 4 rings (SSSR count). The number of anilines is 1. The minimum atomic E-state index is -3.73. The van der Waals surface area contributed by atoms with Crippen LogP contribution in [0.2, 0.25) is 0 Å². The van der Waals surface area contributed by atoms with E-state index in [0.717, 1.165) is 38.9 Å². The first-order chi connectivity index (χ1) is 14.6. The van der Waals surface area contributed by atoms with Crippen molar-refractivity contribution in [2.45, 2.75) is 12.2 Å². The highest BCUT2D eigenvalue weighted by molar-refractivity contribution is 7.92. The van der Waals surface area contributed by atoms with Crippen molar-refractivity contribution in [2.24, 2.45) is 5.14 Å². The minimum absolute atomic E-state index is 0.271. The van der Waals surface area contributed by atoms with Crippen molar-refractivity contribution >= 4 is 47.3 Å². The van der Waals surface area contributed by atoms with Crippen LogP contribution in [0, 0.1) is 0 Å². The molecule has 4 aromatic rings. The largest absolute Gasteiger partial charge is 0.284 e. The van der Waals surface area contributed by atoms with E-state index in [1.165, 1.54) is 0 Å². The maximum atomic E-state index is 11.9. The Balaban J connectivity index is 1.93. The molecule has 4 aromatic carbocycles. The third kappa shape index (κ3) is 5.04. The molecule has 0 atom stereocenters. The molecule has 0 unspecified atom stereocenters. The molecule has 0 spiro atoms. The molecule has 3 N–H and O–H groups in total. The molecular weight excluding hydrogens is 432 g/mol. The summed E-state index contributed by atoms with van der Waals surface area (Å²) in [6, 6.07) is 22.7. The lowest BCUT2D eigenvalue weighted by molar-refractivity contribution is 0.596. The lowest BCUT2D eigenvalue weighted by atomic mass is 9.92. The van der Waals surface area contributed by atoms with E-state index in [1.54, 1.807) is 18.2 Å². The first kappa shape index (κ1) is 21.3. The minimum Gasteiger partial charge on any atom is -0.284 e. The van der Waals surface area contributed by atoms with Crippen molar-refractivity contribution < 1.29 is 16.8 Å². The van der Waals surface area contributed by atoms with Crippen LogP contribution in [-0.2, 0) is 32.2 Å². The van der Waals surface area contributed by atoms with Crippen molar-refractivity contribution in [3.63, 3.8) is 0 Å². The third-order valence-corrected chi connectivity index (χ3v) is 6.43. The second kappa shape index (κ2) is 7.96. The van der Waals surface area contributed by atoms with Gasteiger partial charge in [-0.2, -0.15) is 0 Å². The van der Waals surface area contributed by atoms with E-state index in [4.69, 9.17) is 5.14 Å². The predicted octanol–water partition coefficient (Wildman–Crippen LogP) is 3.74. The average molecular weight is 455 g/mol. The lowest BCUT2D eigenvalue weighted by Crippen LogP contribution is -2.16. The zero-order chi connectivity index (χ0) is 22.2. The molecule has 0 aliphatic rings. The van der Waals surface area contributed by atoms with Crippen LogP contribution in [0.25, 0.3) is 21.5 Å². The van der Waals surface area contributed by atoms with E-state index in [-0.39, 0.29) is 5.75 Å². The molecule has 0 aliphatic heterocycles. The Hall–Kier alpha value is -2.94. The highest BCUT2D eigenvalue weighted by Crippen LogP contribution is 2.31. The molecule has 31 heavy (non-hydrogen) atoms. The van der Waals surface area contributed by atoms with E-state index < -0.39 is 20.0 Å². The Labute approximate surface area is 181 Å². The fourth-order valence-electron chi connectivity index (χ4n) is 3.94. The van der Waals surface area contributed by atoms with Crippen LogP contribution >= 0.6 is 0 Å². The molecule has 8 heteroatoms. The SMILES string of the molecule is CS(=O)(=O)Nc1cc(Cc2c(CS(N)(=O)=O)ccc3ccccc23)c2ccccc2c1. The summed E-state index contributed by atoms with van der Waals surface area (Å²) in [6.07, 6.45) is 1.53. The second-order valence-corrected chi connectivity index (χ2v) is 11.0. The number of rotatable bonds is 6. The molecule has 0 saturated heterocycles. The summed E-state index contributed by atoms with van der Waals surface area (Å²) in [6.45, 7) is 0. The Morgan fingerprint density at radius 2 is 1.42 bits per heavy atom. The van der Waals surface area contributed by atoms with Crippen LogP contribution in [0.3, 0.4) is 0 Å². The van der Waals surface area contributed by atoms with E-state index >= 15 is 0 Å². The summed E-state index contributed by atoms with van der Waals surface area (Å²) in [4.78, 5) is 0. The zero-order valence-electron chi connectivity index (χ0n) is 16.9. The second-order valence-electron chi connectivity index (χ2n) is 7.64. The average Bonchev–Trinajstić information content (AvgIpc) is 2.67. The van der Waals surface area contributed by atoms with Gasteiger partial charge in [0.2, 0.25) is 20.0 Å². The molecular formula is C23H22N2O4S2. The summed E-state index contributed by atoms with van der Waals surface area (Å²) in [5, 5.41) is 9.14. The molecule has 0 amide bonds. The van der Waals surface area contributed by atoms with E-state index in [9.17, 15) is 16.8 Å². The monoisotopic (exact) mass is 454 g/mol. The van der Waals surface area contributed by atoms with Crippen LogP contribution in [0.1, 0.15) is 16.7 Å². The first-order valence-corrected chi connectivity index (χ1v) is 13.2. The van der Waals surface area contributed by atoms with Gasteiger partial charge in [-0.25, -0.2) is 22.0 Å². The van der Waals surface area contributed by atoms with Crippen LogP contribution in [0.15, 0.2) is 72.8 Å². The van der Waals surface area contributed by atoms with Crippen molar-refractivity contribution in [1.82, 2.24) is 0 Å². The molecule has 0 fully saturated rings. The standard InChI is InChI=1S/C23H22N2O4S2/c1-30(26,27)25-20-12-17-7-3-4-8-21(17)19(13-20)14-23-18(15-31(24,28)29)11-10-16-6-2-5-9-22(16)23/h2-13,25H,14-15H2,1H3,(H2,24,28,29). The quantitative estimate of drug-likeness (QED) is 0.463. The Morgan fingerprint density at radius 1 is 0.774 bits per heavy atom.